The van der Waals surface area contributed by atoms with Crippen LogP contribution >= 0.6 is 0 Å². The number of carbonyl (C=O) groups excluding carboxylic acids is 2. The van der Waals surface area contributed by atoms with Crippen molar-refractivity contribution in [2.24, 2.45) is 5.41 Å². The van der Waals surface area contributed by atoms with Gasteiger partial charge in [0.25, 0.3) is 11.8 Å². The summed E-state index contributed by atoms with van der Waals surface area (Å²) < 4.78 is 10.5. The molecule has 136 valence electrons. The lowest BCUT2D eigenvalue weighted by Crippen LogP contribution is -2.84. The molecule has 0 unspecified atom stereocenters. The maximum Gasteiger partial charge on any atom is 0.357 e. The maximum atomic E-state index is 12.3. The molecule has 2 rings (SSSR count). The zero-order chi connectivity index (χ0) is 18.4. The van der Waals surface area contributed by atoms with Gasteiger partial charge >= 0.3 is 5.96 Å². The number of methoxy groups -OCH3 is 2. The molecule has 1 aliphatic rings. The topological polar surface area (TPSA) is 90.6 Å². The summed E-state index contributed by atoms with van der Waals surface area (Å²) in [5.74, 6) is 1.18. The molecule has 1 saturated heterocycles. The first kappa shape index (κ1) is 18.8. The second-order valence-electron chi connectivity index (χ2n) is 5.94. The molecule has 7 heteroatoms. The van der Waals surface area contributed by atoms with E-state index in [-0.39, 0.29) is 11.8 Å². The molecule has 0 bridgehead atoms. The average Bonchev–Trinajstić information content (AvgIpc) is 2.62. The van der Waals surface area contributed by atoms with Gasteiger partial charge in [-0.05, 0) is 30.5 Å². The molecule has 0 saturated carbocycles. The highest BCUT2D eigenvalue weighted by molar-refractivity contribution is 6.19. The maximum absolute atomic E-state index is 12.3. The molecule has 0 atom stereocenters. The molecule has 1 aliphatic heterocycles. The van der Waals surface area contributed by atoms with Gasteiger partial charge in [0.2, 0.25) is 0 Å². The van der Waals surface area contributed by atoms with Gasteiger partial charge in [-0.15, -0.1) is 0 Å². The Hall–Kier alpha value is -2.57. The van der Waals surface area contributed by atoms with Crippen LogP contribution in [-0.2, 0) is 16.0 Å². The summed E-state index contributed by atoms with van der Waals surface area (Å²) in [7, 11) is 3.19. The molecule has 0 radical (unpaired) electrons. The molecule has 7 nitrogen and oxygen atoms in total. The SMILES string of the molecule is CCC1(CC)C(=O)NC(=[NH+]CCc2ccc(OC)c(OC)c2)NC1=O. The fourth-order valence-corrected chi connectivity index (χ4v) is 2.95. The van der Waals surface area contributed by atoms with Gasteiger partial charge in [0.1, 0.15) is 0 Å². The van der Waals surface area contributed by atoms with E-state index in [0.29, 0.717) is 43.3 Å². The lowest BCUT2D eigenvalue weighted by Gasteiger charge is -2.28. The molecule has 1 aromatic rings. The quantitative estimate of drug-likeness (QED) is 0.592. The van der Waals surface area contributed by atoms with Gasteiger partial charge in [-0.3, -0.25) is 14.6 Å². The van der Waals surface area contributed by atoms with E-state index in [4.69, 9.17) is 9.47 Å². The number of nitrogens with one attached hydrogen (secondary N) is 3. The van der Waals surface area contributed by atoms with E-state index in [1.807, 2.05) is 32.0 Å². The summed E-state index contributed by atoms with van der Waals surface area (Å²) in [6.07, 6.45) is 1.64. The van der Waals surface area contributed by atoms with Crippen molar-refractivity contribution in [2.45, 2.75) is 33.1 Å². The van der Waals surface area contributed by atoms with Gasteiger partial charge in [0, 0.05) is 6.42 Å². The van der Waals surface area contributed by atoms with Crippen molar-refractivity contribution in [1.82, 2.24) is 10.6 Å². The van der Waals surface area contributed by atoms with E-state index < -0.39 is 5.41 Å². The van der Waals surface area contributed by atoms with Gasteiger partial charge in [0.15, 0.2) is 16.9 Å². The summed E-state index contributed by atoms with van der Waals surface area (Å²) in [6, 6.07) is 5.70. The summed E-state index contributed by atoms with van der Waals surface area (Å²) in [6.45, 7) is 4.24. The number of rotatable bonds is 7. The van der Waals surface area contributed by atoms with Crippen LogP contribution in [0.1, 0.15) is 32.3 Å². The van der Waals surface area contributed by atoms with Crippen molar-refractivity contribution >= 4 is 17.8 Å². The summed E-state index contributed by atoms with van der Waals surface area (Å²) in [5, 5.41) is 5.51. The van der Waals surface area contributed by atoms with Gasteiger partial charge < -0.3 is 9.47 Å². The molecule has 25 heavy (non-hydrogen) atoms. The summed E-state index contributed by atoms with van der Waals surface area (Å²) in [4.78, 5) is 27.7. The number of hydrogen-bond donors (Lipinski definition) is 3. The van der Waals surface area contributed by atoms with E-state index in [2.05, 4.69) is 15.6 Å². The van der Waals surface area contributed by atoms with Crippen LogP contribution in [0.15, 0.2) is 18.2 Å². The number of amides is 2. The van der Waals surface area contributed by atoms with Crippen molar-refractivity contribution in [1.29, 1.82) is 0 Å². The van der Waals surface area contributed by atoms with Crippen LogP contribution in [0.2, 0.25) is 0 Å². The van der Waals surface area contributed by atoms with Gasteiger partial charge in [0.05, 0.1) is 20.8 Å². The van der Waals surface area contributed by atoms with Crippen LogP contribution in [0.4, 0.5) is 0 Å². The van der Waals surface area contributed by atoms with Crippen LogP contribution in [0.25, 0.3) is 0 Å². The predicted octanol–water partition coefficient (Wildman–Crippen LogP) is -0.265. The van der Waals surface area contributed by atoms with Crippen LogP contribution in [0.5, 0.6) is 11.5 Å². The molecule has 0 aromatic heterocycles. The van der Waals surface area contributed by atoms with Gasteiger partial charge in [-0.1, -0.05) is 19.9 Å². The minimum atomic E-state index is -0.978. The second kappa shape index (κ2) is 8.00. The van der Waals surface area contributed by atoms with Gasteiger partial charge in [-0.25, -0.2) is 10.6 Å². The number of ether oxygens (including phenoxy) is 2. The standard InChI is InChI=1S/C18H25N3O4/c1-5-18(6-2)15(22)20-17(21-16(18)23)19-10-9-12-7-8-13(24-3)14(11-12)25-4/h7-8,11H,5-6,9-10H2,1-4H3,(H2,19,20,21,22,23)/p+1. The Morgan fingerprint density at radius 2 is 1.60 bits per heavy atom. The highest BCUT2D eigenvalue weighted by Crippen LogP contribution is 2.28. The average molecular weight is 348 g/mol. The first-order valence-corrected chi connectivity index (χ1v) is 8.45. The molecule has 0 spiro atoms. The number of guanidine groups is 1. The van der Waals surface area contributed by atoms with Crippen molar-refractivity contribution in [3.63, 3.8) is 0 Å². The smallest absolute Gasteiger partial charge is 0.357 e. The van der Waals surface area contributed by atoms with Crippen LogP contribution in [0.3, 0.4) is 0 Å². The van der Waals surface area contributed by atoms with E-state index >= 15 is 0 Å². The molecule has 3 N–H and O–H groups in total. The largest absolute Gasteiger partial charge is 0.493 e. The fourth-order valence-electron chi connectivity index (χ4n) is 2.95. The Bertz CT molecular complexity index is 659. The lowest BCUT2D eigenvalue weighted by molar-refractivity contribution is -0.460. The Kier molecular flexibility index (Phi) is 6.01. The zero-order valence-corrected chi connectivity index (χ0v) is 15.2. The van der Waals surface area contributed by atoms with Crippen LogP contribution in [-0.4, -0.2) is 38.5 Å². The highest BCUT2D eigenvalue weighted by atomic mass is 16.5. The Labute approximate surface area is 147 Å². The van der Waals surface area contributed by atoms with Crippen molar-refractivity contribution < 1.29 is 24.1 Å². The number of hydrogen-bond acceptors (Lipinski definition) is 4. The van der Waals surface area contributed by atoms with E-state index in [0.717, 1.165) is 5.56 Å². The predicted molar refractivity (Wildman–Crippen MR) is 93.4 cm³/mol. The molecule has 1 aromatic carbocycles. The van der Waals surface area contributed by atoms with Crippen LogP contribution in [0, 0.1) is 5.41 Å². The molecular weight excluding hydrogens is 322 g/mol. The Morgan fingerprint density at radius 1 is 1.00 bits per heavy atom. The van der Waals surface area contributed by atoms with Crippen LogP contribution < -0.4 is 25.1 Å². The molecule has 2 amide bonds. The zero-order valence-electron chi connectivity index (χ0n) is 15.2. The monoisotopic (exact) mass is 348 g/mol. The van der Waals surface area contributed by atoms with Crippen molar-refractivity contribution in [2.75, 3.05) is 20.8 Å². The first-order chi connectivity index (χ1) is 12.0. The van der Waals surface area contributed by atoms with Crippen molar-refractivity contribution in [3.05, 3.63) is 23.8 Å². The second-order valence-corrected chi connectivity index (χ2v) is 5.94. The summed E-state index contributed by atoms with van der Waals surface area (Å²) in [5.41, 5.74) is 0.0739. The molecule has 1 heterocycles. The first-order valence-electron chi connectivity index (χ1n) is 8.45. The summed E-state index contributed by atoms with van der Waals surface area (Å²) >= 11 is 0. The third-order valence-corrected chi connectivity index (χ3v) is 4.72. The highest BCUT2D eigenvalue weighted by Gasteiger charge is 2.51. The van der Waals surface area contributed by atoms with E-state index in [1.165, 1.54) is 0 Å². The Balaban J connectivity index is 2.02. The number of carbonyl (C=O) groups is 2. The minimum absolute atomic E-state index is 0.255. The molecule has 1 fully saturated rings. The van der Waals surface area contributed by atoms with E-state index in [1.54, 1.807) is 14.2 Å². The lowest BCUT2D eigenvalue weighted by atomic mass is 9.79. The number of benzene rings is 1. The van der Waals surface area contributed by atoms with Crippen molar-refractivity contribution in [3.8, 4) is 11.5 Å². The van der Waals surface area contributed by atoms with E-state index in [9.17, 15) is 9.59 Å². The molecular formula is C18H26N3O4+. The third-order valence-electron chi connectivity index (χ3n) is 4.72. The molecule has 0 aliphatic carbocycles. The Morgan fingerprint density at radius 3 is 2.12 bits per heavy atom. The fraction of sp³-hybridized carbons (Fsp3) is 0.500. The minimum Gasteiger partial charge on any atom is -0.493 e. The van der Waals surface area contributed by atoms with Gasteiger partial charge in [-0.2, -0.15) is 0 Å². The third kappa shape index (κ3) is 3.75. The normalized spacial score (nSPS) is 16.1.